The summed E-state index contributed by atoms with van der Waals surface area (Å²) in [6, 6.07) is 15.2. The number of nitrogens with zero attached hydrogens (tertiary/aromatic N) is 1. The largest absolute Gasteiger partial charge is 0.497 e. The first-order chi connectivity index (χ1) is 14.3. The van der Waals surface area contributed by atoms with Crippen LogP contribution in [0.1, 0.15) is 49.5 Å². The second kappa shape index (κ2) is 9.76. The smallest absolute Gasteiger partial charge is 0.257 e. The van der Waals surface area contributed by atoms with Crippen LogP contribution in [0.15, 0.2) is 53.5 Å². The van der Waals surface area contributed by atoms with Crippen molar-refractivity contribution in [3.05, 3.63) is 59.7 Å². The number of amides is 1. The molecule has 1 aliphatic rings. The lowest BCUT2D eigenvalue weighted by Gasteiger charge is -2.19. The Hall–Kier alpha value is -2.86. The molecule has 1 fully saturated rings. The highest BCUT2D eigenvalue weighted by Crippen LogP contribution is 2.22. The zero-order chi connectivity index (χ0) is 21.6. The van der Waals surface area contributed by atoms with Crippen molar-refractivity contribution >= 4 is 17.6 Å². The molecule has 30 heavy (non-hydrogen) atoms. The molecular weight excluding hydrogens is 378 g/mol. The molecule has 0 saturated carbocycles. The van der Waals surface area contributed by atoms with E-state index in [1.165, 1.54) is 5.56 Å². The highest BCUT2D eigenvalue weighted by molar-refractivity contribution is 6.10. The van der Waals surface area contributed by atoms with Crippen LogP contribution in [-0.2, 0) is 10.2 Å². The molecule has 1 atom stereocenters. The molecule has 0 aromatic heterocycles. The van der Waals surface area contributed by atoms with Crippen molar-refractivity contribution in [3.63, 3.8) is 0 Å². The summed E-state index contributed by atoms with van der Waals surface area (Å²) in [4.78, 5) is 17.4. The normalized spacial score (nSPS) is 16.9. The number of aliphatic imine (C=N–C) groups is 1. The molecule has 1 heterocycles. The van der Waals surface area contributed by atoms with E-state index in [1.807, 2.05) is 48.5 Å². The number of rotatable bonds is 5. The van der Waals surface area contributed by atoms with E-state index in [-0.39, 0.29) is 17.4 Å². The molecule has 0 unspecified atom stereocenters. The van der Waals surface area contributed by atoms with E-state index in [2.05, 4.69) is 36.4 Å². The number of hydrogen-bond acceptors (Lipinski definition) is 4. The summed E-state index contributed by atoms with van der Waals surface area (Å²) < 4.78 is 10.9. The molecule has 160 valence electrons. The zero-order valence-electron chi connectivity index (χ0n) is 18.2. The second-order valence-corrected chi connectivity index (χ2v) is 8.46. The van der Waals surface area contributed by atoms with Crippen LogP contribution >= 0.6 is 0 Å². The van der Waals surface area contributed by atoms with Gasteiger partial charge in [-0.15, -0.1) is 0 Å². The van der Waals surface area contributed by atoms with Crippen LogP contribution in [-0.4, -0.2) is 38.2 Å². The lowest BCUT2D eigenvalue weighted by atomic mass is 9.87. The topological polar surface area (TPSA) is 71.9 Å². The van der Waals surface area contributed by atoms with Crippen molar-refractivity contribution in [2.75, 3.05) is 25.6 Å². The van der Waals surface area contributed by atoms with Gasteiger partial charge in [-0.25, -0.2) is 4.99 Å². The average Bonchev–Trinajstić information content (AvgIpc) is 3.25. The highest BCUT2D eigenvalue weighted by atomic mass is 16.5. The zero-order valence-corrected chi connectivity index (χ0v) is 18.2. The van der Waals surface area contributed by atoms with E-state index in [4.69, 9.17) is 9.47 Å². The summed E-state index contributed by atoms with van der Waals surface area (Å²) in [6.07, 6.45) is 2.12. The van der Waals surface area contributed by atoms with Gasteiger partial charge in [0.1, 0.15) is 5.75 Å². The third kappa shape index (κ3) is 6.07. The lowest BCUT2D eigenvalue weighted by Crippen LogP contribution is -2.36. The standard InChI is InChI=1S/C24H31N3O3/c1-24(2,3)18-12-10-17(11-13-18)22(28)27-23(25-16-21-9-6-14-30-21)26-19-7-5-8-20(15-19)29-4/h5,7-8,10-13,15,21H,6,9,14,16H2,1-4H3,(H2,25,26,27,28)/t21-/m1/s1. The van der Waals surface area contributed by atoms with Crippen LogP contribution in [0.2, 0.25) is 0 Å². The fourth-order valence-electron chi connectivity index (χ4n) is 3.23. The molecule has 6 heteroatoms. The maximum atomic E-state index is 12.8. The van der Waals surface area contributed by atoms with Crippen LogP contribution in [0.3, 0.4) is 0 Å². The average molecular weight is 410 g/mol. The van der Waals surface area contributed by atoms with Crippen LogP contribution in [0.4, 0.5) is 5.69 Å². The predicted molar refractivity (Wildman–Crippen MR) is 121 cm³/mol. The number of carbonyl (C=O) groups excluding carboxylic acids is 1. The molecule has 0 aliphatic carbocycles. The summed E-state index contributed by atoms with van der Waals surface area (Å²) >= 11 is 0. The molecule has 3 rings (SSSR count). The maximum Gasteiger partial charge on any atom is 0.257 e. The molecule has 0 radical (unpaired) electrons. The van der Waals surface area contributed by atoms with Crippen LogP contribution < -0.4 is 15.4 Å². The number of methoxy groups -OCH3 is 1. The van der Waals surface area contributed by atoms with Gasteiger partial charge in [-0.1, -0.05) is 39.0 Å². The van der Waals surface area contributed by atoms with Crippen molar-refractivity contribution in [1.29, 1.82) is 0 Å². The van der Waals surface area contributed by atoms with Gasteiger partial charge in [-0.05, 0) is 48.1 Å². The van der Waals surface area contributed by atoms with Gasteiger partial charge < -0.3 is 14.8 Å². The number of nitrogens with one attached hydrogen (secondary N) is 2. The minimum atomic E-state index is -0.211. The molecular formula is C24H31N3O3. The van der Waals surface area contributed by atoms with Gasteiger partial charge in [0.05, 0.1) is 19.8 Å². The van der Waals surface area contributed by atoms with E-state index in [9.17, 15) is 4.79 Å². The van der Waals surface area contributed by atoms with E-state index in [0.717, 1.165) is 30.9 Å². The molecule has 2 aromatic carbocycles. The van der Waals surface area contributed by atoms with Gasteiger partial charge in [0.25, 0.3) is 5.91 Å². The van der Waals surface area contributed by atoms with Crippen molar-refractivity contribution < 1.29 is 14.3 Å². The van der Waals surface area contributed by atoms with E-state index in [1.54, 1.807) is 7.11 Å². The predicted octanol–water partition coefficient (Wildman–Crippen LogP) is 4.37. The Bertz CT molecular complexity index is 879. The second-order valence-electron chi connectivity index (χ2n) is 8.46. The fourth-order valence-corrected chi connectivity index (χ4v) is 3.23. The third-order valence-corrected chi connectivity index (χ3v) is 5.05. The Labute approximate surface area is 178 Å². The van der Waals surface area contributed by atoms with E-state index < -0.39 is 0 Å². The lowest BCUT2D eigenvalue weighted by molar-refractivity contribution is 0.0975. The quantitative estimate of drug-likeness (QED) is 0.568. The fraction of sp³-hybridized carbons (Fsp3) is 0.417. The molecule has 2 N–H and O–H groups in total. The first-order valence-electron chi connectivity index (χ1n) is 10.3. The van der Waals surface area contributed by atoms with Gasteiger partial charge in [0.15, 0.2) is 0 Å². The Morgan fingerprint density at radius 3 is 2.60 bits per heavy atom. The highest BCUT2D eigenvalue weighted by Gasteiger charge is 2.17. The number of anilines is 1. The molecule has 0 bridgehead atoms. The van der Waals surface area contributed by atoms with Crippen LogP contribution in [0.25, 0.3) is 0 Å². The van der Waals surface area contributed by atoms with Gasteiger partial charge >= 0.3 is 0 Å². The summed E-state index contributed by atoms with van der Waals surface area (Å²) in [7, 11) is 1.62. The van der Waals surface area contributed by atoms with E-state index >= 15 is 0 Å². The molecule has 6 nitrogen and oxygen atoms in total. The Kier molecular flexibility index (Phi) is 7.11. The minimum absolute atomic E-state index is 0.0385. The Morgan fingerprint density at radius 2 is 1.97 bits per heavy atom. The Balaban J connectivity index is 1.75. The molecule has 1 saturated heterocycles. The summed E-state index contributed by atoms with van der Waals surface area (Å²) in [6.45, 7) is 7.71. The number of hydrogen-bond donors (Lipinski definition) is 2. The summed E-state index contributed by atoms with van der Waals surface area (Å²) in [5, 5.41) is 6.10. The van der Waals surface area contributed by atoms with E-state index in [0.29, 0.717) is 18.1 Å². The van der Waals surface area contributed by atoms with Gasteiger partial charge in [0.2, 0.25) is 5.96 Å². The summed E-state index contributed by atoms with van der Waals surface area (Å²) in [5.74, 6) is 0.906. The van der Waals surface area contributed by atoms with Crippen molar-refractivity contribution in [3.8, 4) is 5.75 Å². The monoisotopic (exact) mass is 409 g/mol. The van der Waals surface area contributed by atoms with Gasteiger partial charge in [0, 0.05) is 23.9 Å². The first kappa shape index (κ1) is 21.8. The van der Waals surface area contributed by atoms with Crippen LogP contribution in [0, 0.1) is 0 Å². The van der Waals surface area contributed by atoms with Gasteiger partial charge in [-0.3, -0.25) is 10.1 Å². The van der Waals surface area contributed by atoms with Crippen LogP contribution in [0.5, 0.6) is 5.75 Å². The number of benzene rings is 2. The minimum Gasteiger partial charge on any atom is -0.497 e. The van der Waals surface area contributed by atoms with Gasteiger partial charge in [-0.2, -0.15) is 0 Å². The maximum absolute atomic E-state index is 12.8. The third-order valence-electron chi connectivity index (χ3n) is 5.05. The van der Waals surface area contributed by atoms with Crippen molar-refractivity contribution in [1.82, 2.24) is 5.32 Å². The van der Waals surface area contributed by atoms with Crippen molar-refractivity contribution in [2.24, 2.45) is 4.99 Å². The SMILES string of the molecule is COc1cccc(NC(=NC[C@H]2CCCO2)NC(=O)c2ccc(C(C)(C)C)cc2)c1. The molecule has 2 aromatic rings. The number of carbonyl (C=O) groups is 1. The molecule has 0 spiro atoms. The Morgan fingerprint density at radius 1 is 1.20 bits per heavy atom. The number of guanidine groups is 1. The summed E-state index contributed by atoms with van der Waals surface area (Å²) in [5.41, 5.74) is 2.58. The molecule has 1 amide bonds. The molecule has 1 aliphatic heterocycles. The van der Waals surface area contributed by atoms with Crippen molar-refractivity contribution in [2.45, 2.75) is 45.1 Å². The number of ether oxygens (including phenoxy) is 2. The first-order valence-corrected chi connectivity index (χ1v) is 10.3.